The van der Waals surface area contributed by atoms with Crippen molar-refractivity contribution in [1.29, 1.82) is 0 Å². The molecule has 192 valence electrons. The fourth-order valence-corrected chi connectivity index (χ4v) is 10.6. The molecule has 0 spiro atoms. The van der Waals surface area contributed by atoms with Crippen LogP contribution in [0.3, 0.4) is 0 Å². The molecule has 0 atom stereocenters. The maximum atomic E-state index is 13.1. The molecule has 5 nitrogen and oxygen atoms in total. The molecule has 1 aliphatic heterocycles. The number of rotatable bonds is 6. The molecule has 0 N–H and O–H groups in total. The Kier molecular flexibility index (Phi) is 7.44. The van der Waals surface area contributed by atoms with E-state index < -0.39 is 31.0 Å². The van der Waals surface area contributed by atoms with Crippen molar-refractivity contribution in [2.24, 2.45) is 5.41 Å². The SMILES string of the molecule is CC(C)[Si](c1ccccn1)(c1ccc(C2OC(C)(C)C(C)(C)O2)cc1OC(=O)C(C)(C)C)C(C)C. The molecule has 0 unspecified atom stereocenters. The van der Waals surface area contributed by atoms with E-state index in [4.69, 9.17) is 19.2 Å². The van der Waals surface area contributed by atoms with Gasteiger partial charge in [-0.15, -0.1) is 0 Å². The lowest BCUT2D eigenvalue weighted by molar-refractivity contribution is -0.143. The van der Waals surface area contributed by atoms with Crippen LogP contribution in [0, 0.1) is 5.41 Å². The van der Waals surface area contributed by atoms with Crippen LogP contribution in [-0.4, -0.2) is 30.2 Å². The van der Waals surface area contributed by atoms with Gasteiger partial charge in [-0.05, 0) is 82.9 Å². The number of esters is 1. The summed E-state index contributed by atoms with van der Waals surface area (Å²) in [6, 6.07) is 12.3. The number of ether oxygens (including phenoxy) is 3. The van der Waals surface area contributed by atoms with Gasteiger partial charge in [-0.25, -0.2) is 0 Å². The van der Waals surface area contributed by atoms with Crippen LogP contribution in [0.15, 0.2) is 42.6 Å². The van der Waals surface area contributed by atoms with Gasteiger partial charge in [-0.3, -0.25) is 9.78 Å². The van der Waals surface area contributed by atoms with Crippen LogP contribution in [0.25, 0.3) is 0 Å². The average molecular weight is 498 g/mol. The second kappa shape index (κ2) is 9.45. The molecule has 0 aliphatic carbocycles. The first-order chi connectivity index (χ1) is 16.0. The fourth-order valence-electron chi connectivity index (χ4n) is 4.97. The maximum absolute atomic E-state index is 13.1. The molecular weight excluding hydrogens is 454 g/mol. The summed E-state index contributed by atoms with van der Waals surface area (Å²) in [6.07, 6.45) is 1.33. The highest BCUT2D eigenvalue weighted by Gasteiger charge is 2.51. The van der Waals surface area contributed by atoms with Crippen molar-refractivity contribution in [3.05, 3.63) is 48.2 Å². The van der Waals surface area contributed by atoms with Crippen molar-refractivity contribution >= 4 is 24.5 Å². The van der Waals surface area contributed by atoms with Gasteiger partial charge in [0.1, 0.15) is 5.75 Å². The predicted molar refractivity (Wildman–Crippen MR) is 144 cm³/mol. The van der Waals surface area contributed by atoms with Crippen molar-refractivity contribution in [2.45, 2.75) is 105 Å². The summed E-state index contributed by atoms with van der Waals surface area (Å²) in [4.78, 5) is 18.0. The molecule has 6 heteroatoms. The normalized spacial score (nSPS) is 18.3. The highest BCUT2D eigenvalue weighted by Crippen LogP contribution is 2.45. The quantitative estimate of drug-likeness (QED) is 0.277. The zero-order valence-electron chi connectivity index (χ0n) is 23.4. The first-order valence-electron chi connectivity index (χ1n) is 12.7. The number of carbonyl (C=O) groups is 1. The summed E-state index contributed by atoms with van der Waals surface area (Å²) in [5.41, 5.74) is -0.0513. The molecule has 0 radical (unpaired) electrons. The molecule has 2 aromatic rings. The lowest BCUT2D eigenvalue weighted by Gasteiger charge is -2.40. The van der Waals surface area contributed by atoms with Gasteiger partial charge in [0.05, 0.1) is 16.6 Å². The van der Waals surface area contributed by atoms with Gasteiger partial charge >= 0.3 is 5.97 Å². The Morgan fingerprint density at radius 1 is 0.971 bits per heavy atom. The third-order valence-electron chi connectivity index (χ3n) is 7.70. The molecule has 3 rings (SSSR count). The van der Waals surface area contributed by atoms with Crippen LogP contribution in [0.2, 0.25) is 11.1 Å². The summed E-state index contributed by atoms with van der Waals surface area (Å²) in [7, 11) is -2.46. The Balaban J connectivity index is 2.24. The highest BCUT2D eigenvalue weighted by atomic mass is 28.3. The summed E-state index contributed by atoms with van der Waals surface area (Å²) >= 11 is 0. The van der Waals surface area contributed by atoms with Crippen LogP contribution in [0.4, 0.5) is 0 Å². The number of hydrogen-bond acceptors (Lipinski definition) is 5. The van der Waals surface area contributed by atoms with Crippen LogP contribution in [-0.2, 0) is 14.3 Å². The molecule has 0 saturated carbocycles. The smallest absolute Gasteiger partial charge is 0.316 e. The van der Waals surface area contributed by atoms with Gasteiger partial charge in [0.15, 0.2) is 14.4 Å². The molecule has 1 aromatic carbocycles. The van der Waals surface area contributed by atoms with E-state index >= 15 is 0 Å². The van der Waals surface area contributed by atoms with E-state index in [2.05, 4.69) is 52.0 Å². The second-order valence-corrected chi connectivity index (χ2v) is 17.5. The summed E-state index contributed by atoms with van der Waals surface area (Å²) in [5.74, 6) is 0.332. The van der Waals surface area contributed by atoms with Gasteiger partial charge in [0.25, 0.3) is 0 Å². The van der Waals surface area contributed by atoms with E-state index in [9.17, 15) is 4.79 Å². The molecule has 35 heavy (non-hydrogen) atoms. The van der Waals surface area contributed by atoms with Crippen LogP contribution >= 0.6 is 0 Å². The molecule has 0 bridgehead atoms. The van der Waals surface area contributed by atoms with E-state index in [1.165, 1.54) is 0 Å². The van der Waals surface area contributed by atoms with Gasteiger partial charge in [-0.2, -0.15) is 0 Å². The third-order valence-corrected chi connectivity index (χ3v) is 13.8. The highest BCUT2D eigenvalue weighted by molar-refractivity contribution is 7.04. The van der Waals surface area contributed by atoms with E-state index in [-0.39, 0.29) is 5.97 Å². The molecule has 1 saturated heterocycles. The van der Waals surface area contributed by atoms with E-state index in [1.54, 1.807) is 0 Å². The van der Waals surface area contributed by atoms with Crippen molar-refractivity contribution in [3.8, 4) is 5.75 Å². The number of hydrogen-bond donors (Lipinski definition) is 0. The number of nitrogens with zero attached hydrogens (tertiary/aromatic N) is 1. The zero-order chi connectivity index (χ0) is 26.4. The van der Waals surface area contributed by atoms with Crippen molar-refractivity contribution in [2.75, 3.05) is 0 Å². The molecule has 2 heterocycles. The first-order valence-corrected chi connectivity index (χ1v) is 14.8. The van der Waals surface area contributed by atoms with Crippen molar-refractivity contribution in [3.63, 3.8) is 0 Å². The van der Waals surface area contributed by atoms with E-state index in [0.29, 0.717) is 16.8 Å². The van der Waals surface area contributed by atoms with Crippen LogP contribution < -0.4 is 15.2 Å². The van der Waals surface area contributed by atoms with E-state index in [0.717, 1.165) is 16.1 Å². The van der Waals surface area contributed by atoms with Gasteiger partial charge in [0, 0.05) is 17.1 Å². The second-order valence-electron chi connectivity index (χ2n) is 12.4. The lowest BCUT2D eigenvalue weighted by Crippen LogP contribution is -2.64. The predicted octanol–water partition coefficient (Wildman–Crippen LogP) is 6.02. The minimum absolute atomic E-state index is 0.263. The van der Waals surface area contributed by atoms with Crippen LogP contribution in [0.1, 0.15) is 88.0 Å². The van der Waals surface area contributed by atoms with Gasteiger partial charge in [-0.1, -0.05) is 45.9 Å². The third kappa shape index (κ3) is 4.98. The monoisotopic (exact) mass is 497 g/mol. The molecular formula is C29H43NO4Si. The molecule has 0 amide bonds. The Morgan fingerprint density at radius 2 is 1.54 bits per heavy atom. The van der Waals surface area contributed by atoms with Crippen LogP contribution in [0.5, 0.6) is 5.75 Å². The Bertz CT molecular complexity index is 1030. The first kappa shape index (κ1) is 27.6. The van der Waals surface area contributed by atoms with Gasteiger partial charge in [0.2, 0.25) is 0 Å². The van der Waals surface area contributed by atoms with Gasteiger partial charge < -0.3 is 14.2 Å². The Hall–Kier alpha value is -2.02. The maximum Gasteiger partial charge on any atom is 0.316 e. The standard InChI is InChI=1S/C29H43NO4Si/c1-19(2)35(20(3)4,24-14-12-13-17-30-24)23-16-15-21(18-22(23)32-26(31)27(5,6)7)25-33-28(8,9)29(10,11)34-25/h12-20,25H,1-11H3. The minimum atomic E-state index is -2.46. The number of carbonyl (C=O) groups excluding carboxylic acids is 1. The lowest BCUT2D eigenvalue weighted by atomic mass is 9.90. The summed E-state index contributed by atoms with van der Waals surface area (Å²) in [6.45, 7) is 22.8. The Labute approximate surface area is 212 Å². The minimum Gasteiger partial charge on any atom is -0.426 e. The molecule has 1 aromatic heterocycles. The number of aromatic nitrogens is 1. The summed E-state index contributed by atoms with van der Waals surface area (Å²) < 4.78 is 18.8. The fraction of sp³-hybridized carbons (Fsp3) is 0.586. The zero-order valence-corrected chi connectivity index (χ0v) is 24.4. The van der Waals surface area contributed by atoms with Crippen molar-refractivity contribution < 1.29 is 19.0 Å². The molecule has 1 aliphatic rings. The number of benzene rings is 1. The number of pyridine rings is 1. The topological polar surface area (TPSA) is 57.6 Å². The Morgan fingerprint density at radius 3 is 2.00 bits per heavy atom. The molecule has 1 fully saturated rings. The largest absolute Gasteiger partial charge is 0.426 e. The average Bonchev–Trinajstić information content (AvgIpc) is 2.96. The summed E-state index contributed by atoms with van der Waals surface area (Å²) in [5, 5.41) is 2.18. The van der Waals surface area contributed by atoms with Crippen molar-refractivity contribution in [1.82, 2.24) is 4.98 Å². The van der Waals surface area contributed by atoms with E-state index in [1.807, 2.05) is 66.8 Å².